The first kappa shape index (κ1) is 13.7. The molecule has 19 heavy (non-hydrogen) atoms. The summed E-state index contributed by atoms with van der Waals surface area (Å²) in [5.74, 6) is 0. The smallest absolute Gasteiger partial charge is 0.0568 e. The molecule has 3 nitrogen and oxygen atoms in total. The van der Waals surface area contributed by atoms with Gasteiger partial charge in [-0.15, -0.1) is 0 Å². The van der Waals surface area contributed by atoms with Crippen molar-refractivity contribution < 1.29 is 0 Å². The highest BCUT2D eigenvalue weighted by molar-refractivity contribution is 14.1. The van der Waals surface area contributed by atoms with Crippen LogP contribution in [0.15, 0.2) is 58.7 Å². The van der Waals surface area contributed by atoms with Crippen LogP contribution in [-0.4, -0.2) is 19.5 Å². The fourth-order valence-corrected chi connectivity index (χ4v) is 1.84. The summed E-state index contributed by atoms with van der Waals surface area (Å²) in [6.45, 7) is 0. The monoisotopic (exact) mass is 363 g/mol. The molecule has 0 bridgehead atoms. The molecule has 0 atom stereocenters. The molecule has 96 valence electrons. The summed E-state index contributed by atoms with van der Waals surface area (Å²) in [6, 6.07) is 16.1. The zero-order valence-corrected chi connectivity index (χ0v) is 12.7. The number of hydrogen-bond donors (Lipinski definition) is 1. The van der Waals surface area contributed by atoms with Crippen molar-refractivity contribution >= 4 is 40.7 Å². The Bertz CT molecular complexity index is 571. The van der Waals surface area contributed by atoms with Gasteiger partial charge < -0.3 is 5.32 Å². The van der Waals surface area contributed by atoms with Crippen LogP contribution in [0.1, 0.15) is 11.1 Å². The van der Waals surface area contributed by atoms with Crippen LogP contribution in [0.5, 0.6) is 0 Å². The van der Waals surface area contributed by atoms with E-state index in [0.717, 1.165) is 16.8 Å². The Labute approximate surface area is 126 Å². The quantitative estimate of drug-likeness (QED) is 0.501. The minimum atomic E-state index is 1.03. The Morgan fingerprint density at radius 3 is 1.79 bits per heavy atom. The third kappa shape index (κ3) is 4.48. The topological polar surface area (TPSA) is 36.8 Å². The van der Waals surface area contributed by atoms with Gasteiger partial charge in [0, 0.05) is 16.3 Å². The van der Waals surface area contributed by atoms with Crippen LogP contribution in [0.3, 0.4) is 0 Å². The molecule has 0 aliphatic heterocycles. The van der Waals surface area contributed by atoms with Gasteiger partial charge in [0.1, 0.15) is 0 Å². The van der Waals surface area contributed by atoms with Gasteiger partial charge in [0.05, 0.1) is 12.4 Å². The van der Waals surface area contributed by atoms with Crippen molar-refractivity contribution in [1.82, 2.24) is 0 Å². The Hall–Kier alpha value is -1.69. The number of benzene rings is 2. The first-order chi connectivity index (χ1) is 9.28. The van der Waals surface area contributed by atoms with E-state index in [9.17, 15) is 0 Å². The van der Waals surface area contributed by atoms with Crippen LogP contribution < -0.4 is 5.32 Å². The minimum Gasteiger partial charge on any atom is -0.388 e. The van der Waals surface area contributed by atoms with Crippen LogP contribution in [0, 0.1) is 3.57 Å². The summed E-state index contributed by atoms with van der Waals surface area (Å²) in [7, 11) is 1.90. The summed E-state index contributed by atoms with van der Waals surface area (Å²) >= 11 is 2.28. The Morgan fingerprint density at radius 1 is 0.842 bits per heavy atom. The van der Waals surface area contributed by atoms with Gasteiger partial charge in [-0.3, -0.25) is 0 Å². The number of anilines is 1. The van der Waals surface area contributed by atoms with Crippen molar-refractivity contribution in [2.45, 2.75) is 0 Å². The number of rotatable bonds is 4. The van der Waals surface area contributed by atoms with E-state index in [-0.39, 0.29) is 0 Å². The molecule has 0 heterocycles. The van der Waals surface area contributed by atoms with E-state index >= 15 is 0 Å². The molecular weight excluding hydrogens is 349 g/mol. The summed E-state index contributed by atoms with van der Waals surface area (Å²) in [5.41, 5.74) is 3.15. The molecule has 0 saturated carbocycles. The van der Waals surface area contributed by atoms with E-state index in [4.69, 9.17) is 0 Å². The van der Waals surface area contributed by atoms with Crippen molar-refractivity contribution in [2.75, 3.05) is 12.4 Å². The highest BCUT2D eigenvalue weighted by Gasteiger charge is 1.89. The van der Waals surface area contributed by atoms with E-state index in [0.29, 0.717) is 0 Å². The van der Waals surface area contributed by atoms with E-state index in [1.807, 2.05) is 55.6 Å². The highest BCUT2D eigenvalue weighted by atomic mass is 127. The van der Waals surface area contributed by atoms with Gasteiger partial charge in [0.2, 0.25) is 0 Å². The Balaban J connectivity index is 1.96. The van der Waals surface area contributed by atoms with Gasteiger partial charge in [-0.05, 0) is 58.0 Å². The van der Waals surface area contributed by atoms with Gasteiger partial charge in [-0.25, -0.2) is 0 Å². The number of hydrogen-bond acceptors (Lipinski definition) is 3. The molecule has 2 rings (SSSR count). The number of halogens is 1. The maximum atomic E-state index is 4.04. The normalized spacial score (nSPS) is 11.3. The second-order valence-corrected chi connectivity index (χ2v) is 5.16. The highest BCUT2D eigenvalue weighted by Crippen LogP contribution is 2.07. The fourth-order valence-electron chi connectivity index (χ4n) is 1.48. The summed E-state index contributed by atoms with van der Waals surface area (Å²) in [4.78, 5) is 0. The minimum absolute atomic E-state index is 1.03. The Morgan fingerprint density at radius 2 is 1.32 bits per heavy atom. The molecule has 1 N–H and O–H groups in total. The van der Waals surface area contributed by atoms with Gasteiger partial charge in [0.25, 0.3) is 0 Å². The lowest BCUT2D eigenvalue weighted by molar-refractivity contribution is 1.26. The van der Waals surface area contributed by atoms with E-state index in [1.165, 1.54) is 3.57 Å². The second kappa shape index (κ2) is 7.04. The second-order valence-electron chi connectivity index (χ2n) is 3.91. The molecule has 0 aliphatic rings. The summed E-state index contributed by atoms with van der Waals surface area (Å²) in [5, 5.41) is 11.1. The third-order valence-electron chi connectivity index (χ3n) is 2.55. The van der Waals surface area contributed by atoms with E-state index in [2.05, 4.69) is 38.1 Å². The first-order valence-electron chi connectivity index (χ1n) is 5.88. The van der Waals surface area contributed by atoms with Crippen LogP contribution >= 0.6 is 22.6 Å². The van der Waals surface area contributed by atoms with Crippen molar-refractivity contribution in [2.24, 2.45) is 10.2 Å². The molecule has 0 fully saturated rings. The molecule has 0 aromatic heterocycles. The predicted octanol–water partition coefficient (Wildman–Crippen LogP) is 3.79. The lowest BCUT2D eigenvalue weighted by Gasteiger charge is -1.98. The molecule has 0 saturated heterocycles. The molecule has 4 heteroatoms. The standard InChI is InChI=1S/C15H14IN3/c1-17-15-8-4-13(5-9-15)11-19-18-10-12-2-6-14(16)7-3-12/h2-11,17H,1H3/b18-10+,19-11+. The van der Waals surface area contributed by atoms with Gasteiger partial charge >= 0.3 is 0 Å². The van der Waals surface area contributed by atoms with Crippen molar-refractivity contribution in [1.29, 1.82) is 0 Å². The molecule has 0 unspecified atom stereocenters. The van der Waals surface area contributed by atoms with E-state index in [1.54, 1.807) is 12.4 Å². The average molecular weight is 363 g/mol. The van der Waals surface area contributed by atoms with Crippen molar-refractivity contribution in [3.8, 4) is 0 Å². The van der Waals surface area contributed by atoms with Crippen molar-refractivity contribution in [3.05, 3.63) is 63.2 Å². The SMILES string of the molecule is CNc1ccc(/C=N/N=C/c2ccc(I)cc2)cc1. The zero-order chi connectivity index (χ0) is 13.5. The van der Waals surface area contributed by atoms with Gasteiger partial charge in [0.15, 0.2) is 0 Å². The molecule has 0 amide bonds. The number of nitrogens with zero attached hydrogens (tertiary/aromatic N) is 2. The third-order valence-corrected chi connectivity index (χ3v) is 3.27. The summed E-state index contributed by atoms with van der Waals surface area (Å²) in [6.07, 6.45) is 3.48. The van der Waals surface area contributed by atoms with Crippen molar-refractivity contribution in [3.63, 3.8) is 0 Å². The predicted molar refractivity (Wildman–Crippen MR) is 90.3 cm³/mol. The molecule has 0 spiro atoms. The van der Waals surface area contributed by atoms with Crippen LogP contribution in [-0.2, 0) is 0 Å². The lowest BCUT2D eigenvalue weighted by atomic mass is 10.2. The van der Waals surface area contributed by atoms with Crippen LogP contribution in [0.4, 0.5) is 5.69 Å². The zero-order valence-electron chi connectivity index (χ0n) is 10.5. The molecule has 2 aromatic carbocycles. The molecule has 0 radical (unpaired) electrons. The van der Waals surface area contributed by atoms with Gasteiger partial charge in [-0.2, -0.15) is 10.2 Å². The summed E-state index contributed by atoms with van der Waals surface area (Å²) < 4.78 is 1.21. The maximum Gasteiger partial charge on any atom is 0.0568 e. The Kier molecular flexibility index (Phi) is 5.09. The van der Waals surface area contributed by atoms with Gasteiger partial charge in [-0.1, -0.05) is 24.3 Å². The molecule has 2 aromatic rings. The average Bonchev–Trinajstić information content (AvgIpc) is 2.46. The largest absolute Gasteiger partial charge is 0.388 e. The fraction of sp³-hybridized carbons (Fsp3) is 0.0667. The van der Waals surface area contributed by atoms with Crippen LogP contribution in [0.25, 0.3) is 0 Å². The molecule has 0 aliphatic carbocycles. The molecular formula is C15H14IN3. The first-order valence-corrected chi connectivity index (χ1v) is 6.95. The lowest BCUT2D eigenvalue weighted by Crippen LogP contribution is -1.88. The maximum absolute atomic E-state index is 4.04. The number of nitrogens with one attached hydrogen (secondary N) is 1. The van der Waals surface area contributed by atoms with Crippen LogP contribution in [0.2, 0.25) is 0 Å². The van der Waals surface area contributed by atoms with E-state index < -0.39 is 0 Å².